The quantitative estimate of drug-likeness (QED) is 0.737. The highest BCUT2D eigenvalue weighted by atomic mass is 16.5. The molecule has 0 spiro atoms. The molecule has 5 heteroatoms. The van der Waals surface area contributed by atoms with Crippen LogP contribution in [0.25, 0.3) is 11.4 Å². The minimum absolute atomic E-state index is 0.107. The maximum Gasteiger partial charge on any atom is 0.251 e. The van der Waals surface area contributed by atoms with Crippen LogP contribution in [0.4, 0.5) is 0 Å². The van der Waals surface area contributed by atoms with Crippen molar-refractivity contribution in [2.24, 2.45) is 5.92 Å². The Balaban J connectivity index is 1.81. The van der Waals surface area contributed by atoms with Gasteiger partial charge in [0.1, 0.15) is 6.04 Å². The fraction of sp³-hybridized carbons (Fsp3) is 0.286. The summed E-state index contributed by atoms with van der Waals surface area (Å²) in [5.74, 6) is 0.890. The molecule has 0 aliphatic carbocycles. The number of hydrogen-bond donors (Lipinski definition) is 1. The molecule has 0 unspecified atom stereocenters. The summed E-state index contributed by atoms with van der Waals surface area (Å²) in [6, 6.07) is 15.0. The Bertz CT molecular complexity index is 880. The maximum atomic E-state index is 12.6. The van der Waals surface area contributed by atoms with Crippen molar-refractivity contribution in [2.75, 3.05) is 0 Å². The number of benzene rings is 2. The minimum Gasteiger partial charge on any atom is -0.340 e. The number of hydrogen-bond acceptors (Lipinski definition) is 4. The van der Waals surface area contributed by atoms with Crippen LogP contribution in [0.5, 0.6) is 0 Å². The van der Waals surface area contributed by atoms with Crippen molar-refractivity contribution in [2.45, 2.75) is 33.7 Å². The van der Waals surface area contributed by atoms with Crippen molar-refractivity contribution >= 4 is 5.91 Å². The largest absolute Gasteiger partial charge is 0.340 e. The zero-order chi connectivity index (χ0) is 18.7. The smallest absolute Gasteiger partial charge is 0.251 e. The number of carbonyl (C=O) groups is 1. The standard InChI is InChI=1S/C21H23N3O2/c1-13(2)18(22-20(25)17-11-7-15(4)8-12-17)21-23-19(24-26-21)16-9-5-14(3)6-10-16/h5-13,18H,1-4H3,(H,22,25)/t18-/m0/s1. The molecule has 0 fully saturated rings. The van der Waals surface area contributed by atoms with Crippen molar-refractivity contribution in [3.63, 3.8) is 0 Å². The summed E-state index contributed by atoms with van der Waals surface area (Å²) >= 11 is 0. The Labute approximate surface area is 153 Å². The van der Waals surface area contributed by atoms with Gasteiger partial charge in [-0.2, -0.15) is 4.98 Å². The molecule has 2 aromatic carbocycles. The Kier molecular flexibility index (Phi) is 5.16. The SMILES string of the molecule is Cc1ccc(C(=O)N[C@H](c2nc(-c3ccc(C)cc3)no2)C(C)C)cc1. The summed E-state index contributed by atoms with van der Waals surface area (Å²) in [5.41, 5.74) is 3.78. The highest BCUT2D eigenvalue weighted by Gasteiger charge is 2.25. The lowest BCUT2D eigenvalue weighted by atomic mass is 10.0. The first-order valence-corrected chi connectivity index (χ1v) is 8.72. The van der Waals surface area contributed by atoms with E-state index in [2.05, 4.69) is 15.5 Å². The molecule has 0 saturated heterocycles. The first-order chi connectivity index (χ1) is 12.4. The van der Waals surface area contributed by atoms with Crippen molar-refractivity contribution in [3.8, 4) is 11.4 Å². The normalized spacial score (nSPS) is 12.2. The lowest BCUT2D eigenvalue weighted by molar-refractivity contribution is 0.0914. The topological polar surface area (TPSA) is 68.0 Å². The fourth-order valence-electron chi connectivity index (χ4n) is 2.62. The summed E-state index contributed by atoms with van der Waals surface area (Å²) in [7, 11) is 0. The molecule has 1 heterocycles. The van der Waals surface area contributed by atoms with E-state index in [0.717, 1.165) is 11.1 Å². The van der Waals surface area contributed by atoms with Gasteiger partial charge in [0, 0.05) is 11.1 Å². The van der Waals surface area contributed by atoms with Gasteiger partial charge in [0.05, 0.1) is 0 Å². The van der Waals surface area contributed by atoms with Crippen molar-refractivity contribution < 1.29 is 9.32 Å². The second kappa shape index (κ2) is 7.52. The van der Waals surface area contributed by atoms with Crippen molar-refractivity contribution in [1.29, 1.82) is 0 Å². The zero-order valence-corrected chi connectivity index (χ0v) is 15.5. The lowest BCUT2D eigenvalue weighted by Crippen LogP contribution is -2.32. The third kappa shape index (κ3) is 3.99. The summed E-state index contributed by atoms with van der Waals surface area (Å²) in [5, 5.41) is 7.08. The van der Waals surface area contributed by atoms with Gasteiger partial charge in [0.25, 0.3) is 5.91 Å². The van der Waals surface area contributed by atoms with Gasteiger partial charge in [-0.1, -0.05) is 66.5 Å². The summed E-state index contributed by atoms with van der Waals surface area (Å²) in [6.45, 7) is 8.04. The van der Waals surface area contributed by atoms with Crippen LogP contribution in [-0.2, 0) is 0 Å². The van der Waals surface area contributed by atoms with Crippen LogP contribution in [-0.4, -0.2) is 16.0 Å². The summed E-state index contributed by atoms with van der Waals surface area (Å²) in [4.78, 5) is 17.1. The highest BCUT2D eigenvalue weighted by molar-refractivity contribution is 5.94. The van der Waals surface area contributed by atoms with E-state index in [-0.39, 0.29) is 17.9 Å². The fourth-order valence-corrected chi connectivity index (χ4v) is 2.62. The van der Waals surface area contributed by atoms with E-state index in [1.54, 1.807) is 0 Å². The van der Waals surface area contributed by atoms with Gasteiger partial charge in [-0.05, 0) is 31.9 Å². The number of rotatable bonds is 5. The summed E-state index contributed by atoms with van der Waals surface area (Å²) < 4.78 is 5.45. The van der Waals surface area contributed by atoms with Crippen molar-refractivity contribution in [3.05, 3.63) is 71.1 Å². The lowest BCUT2D eigenvalue weighted by Gasteiger charge is -2.18. The number of carbonyl (C=O) groups excluding carboxylic acids is 1. The first-order valence-electron chi connectivity index (χ1n) is 8.72. The molecule has 1 atom stereocenters. The first kappa shape index (κ1) is 17.9. The average Bonchev–Trinajstić information content (AvgIpc) is 3.10. The molecule has 0 aliphatic heterocycles. The predicted molar refractivity (Wildman–Crippen MR) is 101 cm³/mol. The molecule has 0 aliphatic rings. The van der Waals surface area contributed by atoms with Crippen LogP contribution in [0.3, 0.4) is 0 Å². The molecule has 0 radical (unpaired) electrons. The van der Waals surface area contributed by atoms with Crippen LogP contribution < -0.4 is 5.32 Å². The van der Waals surface area contributed by atoms with E-state index in [1.807, 2.05) is 76.2 Å². The van der Waals surface area contributed by atoms with Crippen LogP contribution in [0.2, 0.25) is 0 Å². The Hall–Kier alpha value is -2.95. The molecule has 1 amide bonds. The van der Waals surface area contributed by atoms with Gasteiger partial charge in [-0.15, -0.1) is 0 Å². The van der Waals surface area contributed by atoms with Gasteiger partial charge >= 0.3 is 0 Å². The molecule has 3 rings (SSSR count). The molecule has 5 nitrogen and oxygen atoms in total. The molecular weight excluding hydrogens is 326 g/mol. The minimum atomic E-state index is -0.351. The number of nitrogens with one attached hydrogen (secondary N) is 1. The molecule has 3 aromatic rings. The Morgan fingerprint density at radius 3 is 2.12 bits per heavy atom. The average molecular weight is 349 g/mol. The van der Waals surface area contributed by atoms with Gasteiger partial charge in [0.15, 0.2) is 0 Å². The monoisotopic (exact) mass is 349 g/mol. The molecule has 1 N–H and O–H groups in total. The van der Waals surface area contributed by atoms with E-state index >= 15 is 0 Å². The number of aromatic nitrogens is 2. The molecule has 1 aromatic heterocycles. The number of amides is 1. The molecular formula is C21H23N3O2. The van der Waals surface area contributed by atoms with E-state index in [9.17, 15) is 4.79 Å². The van der Waals surface area contributed by atoms with Crippen LogP contribution in [0.15, 0.2) is 53.1 Å². The Morgan fingerprint density at radius 1 is 0.962 bits per heavy atom. The van der Waals surface area contributed by atoms with Gasteiger partial charge in [-0.25, -0.2) is 0 Å². The van der Waals surface area contributed by atoms with Crippen LogP contribution in [0.1, 0.15) is 47.3 Å². The van der Waals surface area contributed by atoms with E-state index in [1.165, 1.54) is 5.56 Å². The van der Waals surface area contributed by atoms with Gasteiger partial charge in [0.2, 0.25) is 11.7 Å². The summed E-state index contributed by atoms with van der Waals surface area (Å²) in [6.07, 6.45) is 0. The van der Waals surface area contributed by atoms with Gasteiger partial charge in [-0.3, -0.25) is 4.79 Å². The maximum absolute atomic E-state index is 12.6. The molecule has 0 bridgehead atoms. The predicted octanol–water partition coefficient (Wildman–Crippen LogP) is 4.48. The second-order valence-corrected chi connectivity index (χ2v) is 6.88. The third-order valence-corrected chi connectivity index (χ3v) is 4.28. The second-order valence-electron chi connectivity index (χ2n) is 6.88. The molecule has 26 heavy (non-hydrogen) atoms. The highest BCUT2D eigenvalue weighted by Crippen LogP contribution is 2.24. The van der Waals surface area contributed by atoms with Gasteiger partial charge < -0.3 is 9.84 Å². The van der Waals surface area contributed by atoms with E-state index in [0.29, 0.717) is 17.3 Å². The third-order valence-electron chi connectivity index (χ3n) is 4.28. The zero-order valence-electron chi connectivity index (χ0n) is 15.5. The van der Waals surface area contributed by atoms with Crippen molar-refractivity contribution in [1.82, 2.24) is 15.5 Å². The molecule has 0 saturated carbocycles. The number of nitrogens with zero attached hydrogens (tertiary/aromatic N) is 2. The number of aryl methyl sites for hydroxylation is 2. The van der Waals surface area contributed by atoms with Crippen LogP contribution in [0, 0.1) is 19.8 Å². The van der Waals surface area contributed by atoms with E-state index in [4.69, 9.17) is 4.52 Å². The van der Waals surface area contributed by atoms with Crippen LogP contribution >= 0.6 is 0 Å². The van der Waals surface area contributed by atoms with E-state index < -0.39 is 0 Å². The molecule has 134 valence electrons. The Morgan fingerprint density at radius 2 is 1.54 bits per heavy atom.